The van der Waals surface area contributed by atoms with Crippen LogP contribution in [-0.4, -0.2) is 5.11 Å². The fourth-order valence-electron chi connectivity index (χ4n) is 2.02. The maximum atomic E-state index is 12.9. The Morgan fingerprint density at radius 3 is 2.62 bits per heavy atom. The van der Waals surface area contributed by atoms with Crippen molar-refractivity contribution in [3.05, 3.63) is 34.1 Å². The van der Waals surface area contributed by atoms with Crippen LogP contribution in [0.1, 0.15) is 30.9 Å². The van der Waals surface area contributed by atoms with Crippen LogP contribution in [-0.2, 0) is 0 Å². The minimum atomic E-state index is -0.846. The molecule has 1 aliphatic carbocycles. The lowest BCUT2D eigenvalue weighted by atomic mass is 9.65. The van der Waals surface area contributed by atoms with E-state index in [1.54, 1.807) is 0 Å². The van der Waals surface area contributed by atoms with Crippen LogP contribution in [0, 0.1) is 22.6 Å². The van der Waals surface area contributed by atoms with E-state index in [4.69, 9.17) is 5.26 Å². The molecule has 0 saturated heterocycles. The van der Waals surface area contributed by atoms with Crippen LogP contribution in [0.4, 0.5) is 4.39 Å². The van der Waals surface area contributed by atoms with Crippen LogP contribution >= 0.6 is 15.9 Å². The highest BCUT2D eigenvalue weighted by molar-refractivity contribution is 9.10. The predicted octanol–water partition coefficient (Wildman–Crippen LogP) is 3.32. The van der Waals surface area contributed by atoms with Gasteiger partial charge in [0.05, 0.1) is 17.6 Å². The summed E-state index contributed by atoms with van der Waals surface area (Å²) in [5, 5.41) is 19.3. The summed E-state index contributed by atoms with van der Waals surface area (Å²) in [6, 6.07) is 6.33. The van der Waals surface area contributed by atoms with E-state index in [0.29, 0.717) is 22.9 Å². The first-order chi connectivity index (χ1) is 7.59. The molecule has 0 radical (unpaired) electrons. The van der Waals surface area contributed by atoms with Gasteiger partial charge in [-0.25, -0.2) is 4.39 Å². The van der Waals surface area contributed by atoms with E-state index in [1.807, 2.05) is 0 Å². The van der Waals surface area contributed by atoms with Gasteiger partial charge in [0, 0.05) is 4.47 Å². The Kier molecular flexibility index (Phi) is 3.00. The SMILES string of the molecule is N#CC1(C(O)c2ccc(F)cc2Br)CCC1. The zero-order valence-electron chi connectivity index (χ0n) is 8.58. The first-order valence-electron chi connectivity index (χ1n) is 5.13. The van der Waals surface area contributed by atoms with Crippen LogP contribution in [0.2, 0.25) is 0 Å². The normalized spacial score (nSPS) is 19.6. The lowest BCUT2D eigenvalue weighted by Gasteiger charge is -2.39. The Labute approximate surface area is 102 Å². The van der Waals surface area contributed by atoms with Gasteiger partial charge in [0.1, 0.15) is 5.82 Å². The van der Waals surface area contributed by atoms with E-state index in [9.17, 15) is 9.50 Å². The maximum Gasteiger partial charge on any atom is 0.124 e. The number of hydrogen-bond acceptors (Lipinski definition) is 2. The first-order valence-corrected chi connectivity index (χ1v) is 5.93. The largest absolute Gasteiger partial charge is 0.387 e. The third-order valence-electron chi connectivity index (χ3n) is 3.25. The highest BCUT2D eigenvalue weighted by Gasteiger charge is 2.45. The van der Waals surface area contributed by atoms with Crippen molar-refractivity contribution < 1.29 is 9.50 Å². The minimum absolute atomic E-state index is 0.359. The first kappa shape index (κ1) is 11.6. The second-order valence-corrected chi connectivity index (χ2v) is 5.04. The van der Waals surface area contributed by atoms with Crippen molar-refractivity contribution >= 4 is 15.9 Å². The molecular formula is C12H11BrFNO. The van der Waals surface area contributed by atoms with E-state index in [2.05, 4.69) is 22.0 Å². The summed E-state index contributed by atoms with van der Waals surface area (Å²) >= 11 is 3.21. The molecule has 1 aromatic rings. The molecule has 0 aliphatic heterocycles. The van der Waals surface area contributed by atoms with E-state index in [-0.39, 0.29) is 5.82 Å². The van der Waals surface area contributed by atoms with E-state index in [1.165, 1.54) is 18.2 Å². The number of hydrogen-bond donors (Lipinski definition) is 1. The maximum absolute atomic E-state index is 12.9. The number of rotatable bonds is 2. The summed E-state index contributed by atoms with van der Waals surface area (Å²) in [5.41, 5.74) is -0.0944. The van der Waals surface area contributed by atoms with Crippen molar-refractivity contribution in [3.63, 3.8) is 0 Å². The molecule has 0 spiro atoms. The summed E-state index contributed by atoms with van der Waals surface area (Å²) in [7, 11) is 0. The van der Waals surface area contributed by atoms with Crippen molar-refractivity contribution in [3.8, 4) is 6.07 Å². The molecule has 4 heteroatoms. The van der Waals surface area contributed by atoms with Crippen LogP contribution in [0.5, 0.6) is 0 Å². The molecule has 1 fully saturated rings. The lowest BCUT2D eigenvalue weighted by molar-refractivity contribution is 0.00743. The second-order valence-electron chi connectivity index (χ2n) is 4.19. The van der Waals surface area contributed by atoms with Gasteiger partial charge in [0.15, 0.2) is 0 Å². The average Bonchev–Trinajstić information content (AvgIpc) is 2.16. The van der Waals surface area contributed by atoms with Gasteiger partial charge in [-0.05, 0) is 30.5 Å². The molecule has 16 heavy (non-hydrogen) atoms. The molecule has 1 atom stereocenters. The average molecular weight is 284 g/mol. The third kappa shape index (κ3) is 1.74. The number of benzene rings is 1. The number of nitriles is 1. The zero-order chi connectivity index (χ0) is 11.8. The van der Waals surface area contributed by atoms with Gasteiger partial charge < -0.3 is 5.11 Å². The molecule has 1 aromatic carbocycles. The minimum Gasteiger partial charge on any atom is -0.387 e. The summed E-state index contributed by atoms with van der Waals surface area (Å²) < 4.78 is 13.4. The van der Waals surface area contributed by atoms with E-state index in [0.717, 1.165) is 6.42 Å². The van der Waals surface area contributed by atoms with Crippen molar-refractivity contribution in [2.24, 2.45) is 5.41 Å². The summed E-state index contributed by atoms with van der Waals surface area (Å²) in [6.45, 7) is 0. The lowest BCUT2D eigenvalue weighted by Crippen LogP contribution is -2.34. The zero-order valence-corrected chi connectivity index (χ0v) is 10.2. The number of nitrogens with zero attached hydrogens (tertiary/aromatic N) is 1. The van der Waals surface area contributed by atoms with Crippen LogP contribution in [0.25, 0.3) is 0 Å². The fraction of sp³-hybridized carbons (Fsp3) is 0.417. The second kappa shape index (κ2) is 4.15. The quantitative estimate of drug-likeness (QED) is 0.905. The molecule has 0 aromatic heterocycles. The Morgan fingerprint density at radius 1 is 1.50 bits per heavy atom. The van der Waals surface area contributed by atoms with Gasteiger partial charge in [-0.15, -0.1) is 0 Å². The molecule has 1 N–H and O–H groups in total. The Bertz CT molecular complexity index is 451. The molecule has 1 aliphatic rings. The highest BCUT2D eigenvalue weighted by atomic mass is 79.9. The van der Waals surface area contributed by atoms with E-state index >= 15 is 0 Å². The molecule has 0 heterocycles. The summed E-state index contributed by atoms with van der Waals surface area (Å²) in [6.07, 6.45) is 1.52. The summed E-state index contributed by atoms with van der Waals surface area (Å²) in [5.74, 6) is -0.359. The van der Waals surface area contributed by atoms with Crippen molar-refractivity contribution in [1.82, 2.24) is 0 Å². The molecule has 1 saturated carbocycles. The van der Waals surface area contributed by atoms with Gasteiger partial charge in [-0.1, -0.05) is 28.4 Å². The van der Waals surface area contributed by atoms with Gasteiger partial charge in [-0.2, -0.15) is 5.26 Å². The number of halogens is 2. The highest BCUT2D eigenvalue weighted by Crippen LogP contribution is 2.50. The molecule has 0 amide bonds. The van der Waals surface area contributed by atoms with Crippen molar-refractivity contribution in [2.45, 2.75) is 25.4 Å². The van der Waals surface area contributed by atoms with Crippen LogP contribution in [0.3, 0.4) is 0 Å². The van der Waals surface area contributed by atoms with Gasteiger partial charge in [-0.3, -0.25) is 0 Å². The predicted molar refractivity (Wildman–Crippen MR) is 61.0 cm³/mol. The Morgan fingerprint density at radius 2 is 2.19 bits per heavy atom. The number of aliphatic hydroxyl groups is 1. The molecular weight excluding hydrogens is 273 g/mol. The third-order valence-corrected chi connectivity index (χ3v) is 3.94. The molecule has 2 rings (SSSR count). The van der Waals surface area contributed by atoms with Crippen molar-refractivity contribution in [2.75, 3.05) is 0 Å². The van der Waals surface area contributed by atoms with Gasteiger partial charge in [0.2, 0.25) is 0 Å². The molecule has 2 nitrogen and oxygen atoms in total. The Balaban J connectivity index is 2.34. The standard InChI is InChI=1S/C12H11BrFNO/c13-10-6-8(14)2-3-9(10)11(16)12(7-15)4-1-5-12/h2-3,6,11,16H,1,4-5H2. The Hall–Kier alpha value is -0.920. The van der Waals surface area contributed by atoms with Gasteiger partial charge >= 0.3 is 0 Å². The van der Waals surface area contributed by atoms with Crippen LogP contribution in [0.15, 0.2) is 22.7 Å². The topological polar surface area (TPSA) is 44.0 Å². The summed E-state index contributed by atoms with van der Waals surface area (Å²) in [4.78, 5) is 0. The molecule has 84 valence electrons. The van der Waals surface area contributed by atoms with Crippen molar-refractivity contribution in [1.29, 1.82) is 5.26 Å². The smallest absolute Gasteiger partial charge is 0.124 e. The molecule has 0 bridgehead atoms. The van der Waals surface area contributed by atoms with Gasteiger partial charge in [0.25, 0.3) is 0 Å². The fourth-order valence-corrected chi connectivity index (χ4v) is 2.59. The van der Waals surface area contributed by atoms with Crippen LogP contribution < -0.4 is 0 Å². The molecule has 1 unspecified atom stereocenters. The van der Waals surface area contributed by atoms with E-state index < -0.39 is 11.5 Å². The number of aliphatic hydroxyl groups excluding tert-OH is 1. The monoisotopic (exact) mass is 283 g/mol.